The fraction of sp³-hybridized carbons (Fsp3) is 0.231. The summed E-state index contributed by atoms with van der Waals surface area (Å²) in [5.74, 6) is -2.99. The average Bonchev–Trinajstić information content (AvgIpc) is 3.22. The third-order valence-electron chi connectivity index (χ3n) is 5.48. The highest BCUT2D eigenvalue weighted by atomic mass is 16.4. The van der Waals surface area contributed by atoms with Gasteiger partial charge in [0.2, 0.25) is 5.91 Å². The fourth-order valence-corrected chi connectivity index (χ4v) is 3.49. The van der Waals surface area contributed by atoms with Gasteiger partial charge in [-0.1, -0.05) is 60.2 Å². The van der Waals surface area contributed by atoms with Crippen LogP contribution in [0, 0.1) is 6.92 Å². The van der Waals surface area contributed by atoms with Crippen molar-refractivity contribution in [3.63, 3.8) is 0 Å². The van der Waals surface area contributed by atoms with Gasteiger partial charge in [0, 0.05) is 26.3 Å². The van der Waals surface area contributed by atoms with Gasteiger partial charge >= 0.3 is 12.0 Å². The number of nitrogens with zero attached hydrogens (tertiary/aromatic N) is 1. The number of amides is 4. The van der Waals surface area contributed by atoms with Crippen LogP contribution >= 0.6 is 0 Å². The molecule has 0 saturated heterocycles. The van der Waals surface area contributed by atoms with Crippen molar-refractivity contribution >= 4 is 29.5 Å². The molecule has 1 atom stereocenters. The predicted octanol–water partition coefficient (Wildman–Crippen LogP) is 2.37. The van der Waals surface area contributed by atoms with Gasteiger partial charge in [-0.25, -0.2) is 4.79 Å². The topological polar surface area (TPSA) is 142 Å². The smallest absolute Gasteiger partial charge is 0.319 e. The first-order valence-corrected chi connectivity index (χ1v) is 11.3. The zero-order valence-electron chi connectivity index (χ0n) is 20.1. The number of hydrogen-bond donors (Lipinski definition) is 5. The summed E-state index contributed by atoms with van der Waals surface area (Å²) in [7, 11) is 1.64. The van der Waals surface area contributed by atoms with E-state index in [-0.39, 0.29) is 18.8 Å². The van der Waals surface area contributed by atoms with E-state index in [4.69, 9.17) is 0 Å². The number of aryl methyl sites for hydroxylation is 2. The van der Waals surface area contributed by atoms with Gasteiger partial charge in [-0.05, 0) is 24.1 Å². The van der Waals surface area contributed by atoms with Crippen molar-refractivity contribution in [1.29, 1.82) is 0 Å². The molecule has 4 amide bonds. The van der Waals surface area contributed by atoms with Crippen molar-refractivity contribution in [1.82, 2.24) is 20.5 Å². The number of aromatic nitrogens is 1. The maximum atomic E-state index is 12.5. The Morgan fingerprint density at radius 3 is 2.31 bits per heavy atom. The van der Waals surface area contributed by atoms with Crippen LogP contribution < -0.4 is 21.3 Å². The summed E-state index contributed by atoms with van der Waals surface area (Å²) in [4.78, 5) is 48.5. The van der Waals surface area contributed by atoms with Crippen LogP contribution in [0.25, 0.3) is 0 Å². The number of urea groups is 1. The minimum absolute atomic E-state index is 0.108. The Bertz CT molecular complexity index is 1220. The van der Waals surface area contributed by atoms with Gasteiger partial charge in [-0.3, -0.25) is 14.4 Å². The lowest BCUT2D eigenvalue weighted by Crippen LogP contribution is -2.40. The second-order valence-corrected chi connectivity index (χ2v) is 8.31. The number of nitrogens with one attached hydrogen (secondary N) is 4. The minimum atomic E-state index is -1.06. The number of carboxylic acid groups (broad SMARTS) is 1. The normalized spacial score (nSPS) is 11.3. The molecule has 0 spiro atoms. The summed E-state index contributed by atoms with van der Waals surface area (Å²) in [5.41, 5.74) is 3.19. The van der Waals surface area contributed by atoms with E-state index in [0.717, 1.165) is 11.1 Å². The average molecular weight is 492 g/mol. The Labute approximate surface area is 208 Å². The van der Waals surface area contributed by atoms with Crippen molar-refractivity contribution in [2.75, 3.05) is 18.4 Å². The van der Waals surface area contributed by atoms with Crippen LogP contribution in [0.4, 0.5) is 10.5 Å². The van der Waals surface area contributed by atoms with E-state index in [9.17, 15) is 24.3 Å². The standard InChI is InChI=1S/C26H29N5O5/c1-17-8-10-19(11-9-17)21(25(34)35)14-27-23(32)15-28-24(33)22-12-20(16-31(22)2)30-26(36)29-13-18-6-4-3-5-7-18/h3-12,16,21H,13-15H2,1-2H3,(H,27,32)(H,28,33)(H,34,35)(H2,29,30,36). The number of benzene rings is 2. The van der Waals surface area contributed by atoms with Crippen LogP contribution in [0.2, 0.25) is 0 Å². The summed E-state index contributed by atoms with van der Waals surface area (Å²) in [6.45, 7) is 1.82. The zero-order chi connectivity index (χ0) is 26.1. The van der Waals surface area contributed by atoms with E-state index in [1.165, 1.54) is 10.6 Å². The van der Waals surface area contributed by atoms with E-state index in [0.29, 0.717) is 17.8 Å². The van der Waals surface area contributed by atoms with Gasteiger partial charge in [0.25, 0.3) is 5.91 Å². The van der Waals surface area contributed by atoms with Gasteiger partial charge in [0.15, 0.2) is 0 Å². The summed E-state index contributed by atoms with van der Waals surface area (Å²) in [6.07, 6.45) is 1.58. The Balaban J connectivity index is 1.47. The zero-order valence-corrected chi connectivity index (χ0v) is 20.1. The number of anilines is 1. The Hall–Kier alpha value is -4.60. The lowest BCUT2D eigenvalue weighted by Gasteiger charge is -2.14. The van der Waals surface area contributed by atoms with E-state index in [2.05, 4.69) is 21.3 Å². The number of aliphatic carboxylic acids is 1. The second-order valence-electron chi connectivity index (χ2n) is 8.31. The number of carboxylic acids is 1. The molecule has 3 aromatic rings. The van der Waals surface area contributed by atoms with Crippen molar-refractivity contribution in [3.05, 3.63) is 89.2 Å². The van der Waals surface area contributed by atoms with Crippen LogP contribution in [-0.2, 0) is 23.2 Å². The van der Waals surface area contributed by atoms with Crippen molar-refractivity contribution in [3.8, 4) is 0 Å². The number of carbonyl (C=O) groups excluding carboxylic acids is 3. The quantitative estimate of drug-likeness (QED) is 0.296. The van der Waals surface area contributed by atoms with Crippen LogP contribution in [0.15, 0.2) is 66.9 Å². The third kappa shape index (κ3) is 7.45. The summed E-state index contributed by atoms with van der Waals surface area (Å²) >= 11 is 0. The summed E-state index contributed by atoms with van der Waals surface area (Å²) in [6, 6.07) is 17.6. The monoisotopic (exact) mass is 491 g/mol. The summed E-state index contributed by atoms with van der Waals surface area (Å²) < 4.78 is 1.53. The highest BCUT2D eigenvalue weighted by Crippen LogP contribution is 2.16. The molecule has 1 aromatic heterocycles. The number of hydrogen-bond acceptors (Lipinski definition) is 4. The lowest BCUT2D eigenvalue weighted by atomic mass is 9.98. The van der Waals surface area contributed by atoms with Crippen LogP contribution in [0.5, 0.6) is 0 Å². The first kappa shape index (κ1) is 26.0. The molecule has 2 aromatic carbocycles. The molecule has 10 nitrogen and oxygen atoms in total. The molecule has 0 bridgehead atoms. The highest BCUT2D eigenvalue weighted by Gasteiger charge is 2.21. The minimum Gasteiger partial charge on any atom is -0.481 e. The SMILES string of the molecule is Cc1ccc(C(CNC(=O)CNC(=O)c2cc(NC(=O)NCc3ccccc3)cn2C)C(=O)O)cc1. The molecule has 0 saturated carbocycles. The van der Waals surface area contributed by atoms with Crippen molar-refractivity contribution in [2.45, 2.75) is 19.4 Å². The van der Waals surface area contributed by atoms with Gasteiger partial charge < -0.3 is 30.9 Å². The second kappa shape index (κ2) is 12.2. The van der Waals surface area contributed by atoms with Crippen LogP contribution in [0.3, 0.4) is 0 Å². The Morgan fingerprint density at radius 1 is 0.944 bits per heavy atom. The third-order valence-corrected chi connectivity index (χ3v) is 5.48. The molecule has 1 heterocycles. The van der Waals surface area contributed by atoms with Crippen LogP contribution in [-0.4, -0.2) is 46.6 Å². The van der Waals surface area contributed by atoms with E-state index in [1.54, 1.807) is 25.4 Å². The maximum absolute atomic E-state index is 12.5. The molecule has 0 aliphatic heterocycles. The van der Waals surface area contributed by atoms with Crippen LogP contribution in [0.1, 0.15) is 33.1 Å². The van der Waals surface area contributed by atoms with Crippen molar-refractivity contribution < 1.29 is 24.3 Å². The molecule has 0 radical (unpaired) electrons. The van der Waals surface area contributed by atoms with E-state index >= 15 is 0 Å². The Morgan fingerprint density at radius 2 is 1.64 bits per heavy atom. The molecule has 5 N–H and O–H groups in total. The molecule has 188 valence electrons. The molecule has 10 heteroatoms. The molecule has 3 rings (SSSR count). The first-order chi connectivity index (χ1) is 17.2. The molecule has 0 aliphatic carbocycles. The van der Waals surface area contributed by atoms with Gasteiger partial charge in [-0.15, -0.1) is 0 Å². The van der Waals surface area contributed by atoms with Crippen molar-refractivity contribution in [2.24, 2.45) is 7.05 Å². The Kier molecular flexibility index (Phi) is 8.82. The molecule has 1 unspecified atom stereocenters. The first-order valence-electron chi connectivity index (χ1n) is 11.3. The van der Waals surface area contributed by atoms with Gasteiger partial charge in [0.1, 0.15) is 5.69 Å². The molecular formula is C26H29N5O5. The fourth-order valence-electron chi connectivity index (χ4n) is 3.49. The maximum Gasteiger partial charge on any atom is 0.319 e. The summed E-state index contributed by atoms with van der Waals surface area (Å²) in [5, 5.41) is 20.0. The highest BCUT2D eigenvalue weighted by molar-refractivity contribution is 5.97. The van der Waals surface area contributed by atoms with E-state index in [1.807, 2.05) is 49.4 Å². The van der Waals surface area contributed by atoms with E-state index < -0.39 is 29.7 Å². The number of rotatable bonds is 10. The molecule has 0 aliphatic rings. The molecular weight excluding hydrogens is 462 g/mol. The molecule has 36 heavy (non-hydrogen) atoms. The van der Waals surface area contributed by atoms with Gasteiger partial charge in [0.05, 0.1) is 18.2 Å². The molecule has 0 fully saturated rings. The predicted molar refractivity (Wildman–Crippen MR) is 135 cm³/mol. The lowest BCUT2D eigenvalue weighted by molar-refractivity contribution is -0.138. The number of carbonyl (C=O) groups is 4. The van der Waals surface area contributed by atoms with Gasteiger partial charge in [-0.2, -0.15) is 0 Å². The largest absolute Gasteiger partial charge is 0.481 e.